The minimum absolute atomic E-state index is 0.0463. The van der Waals surface area contributed by atoms with Gasteiger partial charge in [0.15, 0.2) is 0 Å². The molecule has 0 saturated carbocycles. The molecule has 1 aliphatic carbocycles. The third-order valence-corrected chi connectivity index (χ3v) is 8.23. The summed E-state index contributed by atoms with van der Waals surface area (Å²) in [6, 6.07) is 13.0. The van der Waals surface area contributed by atoms with Crippen LogP contribution in [0.1, 0.15) is 43.4 Å². The number of rotatable bonds is 8. The third-order valence-electron chi connectivity index (χ3n) is 7.48. The van der Waals surface area contributed by atoms with Gasteiger partial charge in [-0.05, 0) is 103 Å². The molecule has 1 N–H and O–H groups in total. The molecule has 2 amide bonds. The van der Waals surface area contributed by atoms with Crippen LogP contribution in [0, 0.1) is 11.7 Å². The van der Waals surface area contributed by atoms with Crippen molar-refractivity contribution in [2.45, 2.75) is 37.6 Å². The van der Waals surface area contributed by atoms with Crippen molar-refractivity contribution in [2.75, 3.05) is 40.0 Å². The number of carbonyl (C=O) groups is 2. The van der Waals surface area contributed by atoms with Gasteiger partial charge < -0.3 is 15.1 Å². The summed E-state index contributed by atoms with van der Waals surface area (Å²) >= 11 is 1.70. The van der Waals surface area contributed by atoms with E-state index in [1.54, 1.807) is 35.7 Å². The van der Waals surface area contributed by atoms with Crippen LogP contribution in [0.4, 0.5) is 4.39 Å². The molecule has 2 aromatic carbocycles. The van der Waals surface area contributed by atoms with Gasteiger partial charge in [0.1, 0.15) is 5.82 Å². The number of fused-ring (bicyclic) bond motifs is 1. The first kappa shape index (κ1) is 27.1. The van der Waals surface area contributed by atoms with Crippen molar-refractivity contribution in [3.05, 3.63) is 70.5 Å². The molecule has 0 radical (unpaired) electrons. The summed E-state index contributed by atoms with van der Waals surface area (Å²) in [5.41, 5.74) is 5.64. The van der Waals surface area contributed by atoms with Gasteiger partial charge in [-0.15, -0.1) is 11.8 Å². The van der Waals surface area contributed by atoms with Crippen LogP contribution in [0.2, 0.25) is 0 Å². The number of allylic oxidation sites excluding steroid dienone is 2. The highest BCUT2D eigenvalue weighted by molar-refractivity contribution is 7.98. The molecule has 0 bridgehead atoms. The average molecular weight is 522 g/mol. The van der Waals surface area contributed by atoms with Crippen LogP contribution in [0.25, 0.3) is 17.2 Å². The molecule has 1 heterocycles. The van der Waals surface area contributed by atoms with E-state index in [0.29, 0.717) is 13.1 Å². The zero-order valence-electron chi connectivity index (χ0n) is 22.3. The molecule has 37 heavy (non-hydrogen) atoms. The monoisotopic (exact) mass is 521 g/mol. The summed E-state index contributed by atoms with van der Waals surface area (Å²) in [5, 5.41) is 3.23. The fraction of sp³-hybridized carbons (Fsp3) is 0.400. The number of thioether (sulfide) groups is 1. The number of benzene rings is 2. The van der Waals surface area contributed by atoms with Gasteiger partial charge in [0.25, 0.3) is 0 Å². The van der Waals surface area contributed by atoms with Crippen molar-refractivity contribution in [3.8, 4) is 0 Å². The SMILES string of the molecule is CSc1ccc(/C=C2/C(C)=C(C(C)C(=O)N(C)CCN(C)C(=O)[C@@H]3CCCN3)c3cc(F)ccc32)cc1. The van der Waals surface area contributed by atoms with Crippen LogP contribution in [-0.2, 0) is 9.59 Å². The van der Waals surface area contributed by atoms with Gasteiger partial charge in [0, 0.05) is 32.1 Å². The lowest BCUT2D eigenvalue weighted by molar-refractivity contribution is -0.135. The first-order valence-electron chi connectivity index (χ1n) is 12.8. The molecule has 1 fully saturated rings. The van der Waals surface area contributed by atoms with Crippen molar-refractivity contribution in [2.24, 2.45) is 5.92 Å². The lowest BCUT2D eigenvalue weighted by atomic mass is 9.92. The highest BCUT2D eigenvalue weighted by Crippen LogP contribution is 2.46. The second kappa shape index (κ2) is 11.7. The lowest BCUT2D eigenvalue weighted by Crippen LogP contribution is -2.45. The Labute approximate surface area is 223 Å². The Morgan fingerprint density at radius 3 is 2.46 bits per heavy atom. The normalized spacial score (nSPS) is 18.8. The van der Waals surface area contributed by atoms with E-state index in [-0.39, 0.29) is 23.7 Å². The molecule has 2 atom stereocenters. The Balaban J connectivity index is 1.54. The standard InChI is InChI=1S/C30H36FN3O2S/c1-19-25(17-21-8-11-23(37-5)12-9-21)24-13-10-22(31)18-26(24)28(19)20(2)29(35)33(3)15-16-34(4)30(36)27-7-6-14-32-27/h8-13,17-18,20,27,32H,6-7,14-16H2,1-5H3/b25-17-/t20?,27-/m0/s1. The minimum Gasteiger partial charge on any atom is -0.343 e. The molecule has 0 spiro atoms. The van der Waals surface area contributed by atoms with Gasteiger partial charge in [-0.3, -0.25) is 9.59 Å². The highest BCUT2D eigenvalue weighted by atomic mass is 32.2. The lowest BCUT2D eigenvalue weighted by Gasteiger charge is -2.27. The largest absolute Gasteiger partial charge is 0.343 e. The topological polar surface area (TPSA) is 52.7 Å². The number of nitrogens with one attached hydrogen (secondary N) is 1. The Kier molecular flexibility index (Phi) is 8.55. The predicted octanol–water partition coefficient (Wildman–Crippen LogP) is 5.18. The summed E-state index contributed by atoms with van der Waals surface area (Å²) in [4.78, 5) is 30.7. The molecule has 1 saturated heterocycles. The highest BCUT2D eigenvalue weighted by Gasteiger charge is 2.32. The van der Waals surface area contributed by atoms with Crippen LogP contribution in [0.5, 0.6) is 0 Å². The van der Waals surface area contributed by atoms with Crippen LogP contribution >= 0.6 is 11.8 Å². The van der Waals surface area contributed by atoms with E-state index >= 15 is 0 Å². The van der Waals surface area contributed by atoms with Crippen molar-refractivity contribution in [1.82, 2.24) is 15.1 Å². The van der Waals surface area contributed by atoms with Gasteiger partial charge >= 0.3 is 0 Å². The molecular weight excluding hydrogens is 485 g/mol. The Morgan fingerprint density at radius 1 is 1.11 bits per heavy atom. The predicted molar refractivity (Wildman–Crippen MR) is 151 cm³/mol. The van der Waals surface area contributed by atoms with Crippen molar-refractivity contribution in [3.63, 3.8) is 0 Å². The van der Waals surface area contributed by atoms with Crippen molar-refractivity contribution in [1.29, 1.82) is 0 Å². The molecule has 4 rings (SSSR count). The van der Waals surface area contributed by atoms with E-state index in [0.717, 1.165) is 52.8 Å². The molecule has 1 aliphatic heterocycles. The smallest absolute Gasteiger partial charge is 0.239 e. The van der Waals surface area contributed by atoms with Crippen LogP contribution in [-0.4, -0.2) is 67.6 Å². The van der Waals surface area contributed by atoms with Gasteiger partial charge in [-0.2, -0.15) is 0 Å². The maximum atomic E-state index is 14.4. The Hall–Kier alpha value is -2.90. The molecule has 5 nitrogen and oxygen atoms in total. The van der Waals surface area contributed by atoms with E-state index in [1.165, 1.54) is 17.0 Å². The molecule has 2 aliphatic rings. The fourth-order valence-electron chi connectivity index (χ4n) is 5.27. The van der Waals surface area contributed by atoms with Crippen LogP contribution < -0.4 is 5.32 Å². The molecule has 196 valence electrons. The third kappa shape index (κ3) is 5.83. The van der Waals surface area contributed by atoms with Gasteiger partial charge in [-0.25, -0.2) is 4.39 Å². The van der Waals surface area contributed by atoms with Gasteiger partial charge in [0.05, 0.1) is 12.0 Å². The fourth-order valence-corrected chi connectivity index (χ4v) is 5.68. The number of hydrogen-bond donors (Lipinski definition) is 1. The first-order chi connectivity index (χ1) is 17.7. The van der Waals surface area contributed by atoms with Gasteiger partial charge in [-0.1, -0.05) is 18.2 Å². The van der Waals surface area contributed by atoms with Crippen LogP contribution in [0.3, 0.4) is 0 Å². The molecule has 0 aromatic heterocycles. The second-order valence-electron chi connectivity index (χ2n) is 9.95. The number of amides is 2. The molecule has 1 unspecified atom stereocenters. The molecular formula is C30H36FN3O2S. The average Bonchev–Trinajstić information content (AvgIpc) is 3.53. The molecule has 7 heteroatoms. The van der Waals surface area contributed by atoms with E-state index in [2.05, 4.69) is 35.7 Å². The zero-order chi connectivity index (χ0) is 26.7. The molecule has 2 aromatic rings. The Bertz CT molecular complexity index is 1230. The van der Waals surface area contributed by atoms with Crippen LogP contribution in [0.15, 0.2) is 52.9 Å². The number of likely N-dealkylation sites (N-methyl/N-ethyl adjacent to an activating group) is 2. The van der Waals surface area contributed by atoms with E-state index in [1.807, 2.05) is 26.2 Å². The Morgan fingerprint density at radius 2 is 1.81 bits per heavy atom. The summed E-state index contributed by atoms with van der Waals surface area (Å²) in [6.45, 7) is 5.67. The quantitative estimate of drug-likeness (QED) is 0.487. The van der Waals surface area contributed by atoms with Crippen molar-refractivity contribution < 1.29 is 14.0 Å². The maximum absolute atomic E-state index is 14.4. The van der Waals surface area contributed by atoms with Crippen molar-refractivity contribution >= 4 is 40.8 Å². The van der Waals surface area contributed by atoms with E-state index in [4.69, 9.17) is 0 Å². The van der Waals surface area contributed by atoms with E-state index < -0.39 is 5.92 Å². The first-order valence-corrected chi connectivity index (χ1v) is 14.0. The summed E-state index contributed by atoms with van der Waals surface area (Å²) in [5.74, 6) is -0.739. The summed E-state index contributed by atoms with van der Waals surface area (Å²) in [6.07, 6.45) is 6.03. The number of carbonyl (C=O) groups excluding carboxylic acids is 2. The zero-order valence-corrected chi connectivity index (χ0v) is 23.1. The number of nitrogens with zero attached hydrogens (tertiary/aromatic N) is 2. The summed E-state index contributed by atoms with van der Waals surface area (Å²) in [7, 11) is 3.56. The van der Waals surface area contributed by atoms with Gasteiger partial charge in [0.2, 0.25) is 11.8 Å². The van der Waals surface area contributed by atoms with E-state index in [9.17, 15) is 14.0 Å². The maximum Gasteiger partial charge on any atom is 0.239 e. The second-order valence-corrected chi connectivity index (χ2v) is 10.8. The number of halogens is 1. The number of hydrogen-bond acceptors (Lipinski definition) is 4. The summed E-state index contributed by atoms with van der Waals surface area (Å²) < 4.78 is 14.4. The minimum atomic E-state index is -0.451.